The van der Waals surface area contributed by atoms with Gasteiger partial charge in [0.15, 0.2) is 0 Å². The summed E-state index contributed by atoms with van der Waals surface area (Å²) >= 11 is 6.19. The molecule has 9 nitrogen and oxygen atoms in total. The number of para-hydroxylation sites is 1. The lowest BCUT2D eigenvalue weighted by Gasteiger charge is -2.33. The molecule has 0 aliphatic carbocycles. The molecule has 2 N–H and O–H groups in total. The normalized spacial score (nSPS) is 13.6. The summed E-state index contributed by atoms with van der Waals surface area (Å²) in [5.74, 6) is 0.544. The molecule has 0 saturated carbocycles. The van der Waals surface area contributed by atoms with Crippen molar-refractivity contribution in [1.29, 1.82) is 0 Å². The molecule has 1 aliphatic heterocycles. The van der Waals surface area contributed by atoms with E-state index < -0.39 is 12.0 Å². The topological polar surface area (TPSA) is 101 Å². The van der Waals surface area contributed by atoms with Crippen molar-refractivity contribution in [3.63, 3.8) is 0 Å². The van der Waals surface area contributed by atoms with E-state index in [0.29, 0.717) is 34.6 Å². The van der Waals surface area contributed by atoms with Crippen molar-refractivity contribution in [2.75, 3.05) is 29.9 Å². The summed E-state index contributed by atoms with van der Waals surface area (Å²) in [5, 5.41) is 10.4. The van der Waals surface area contributed by atoms with E-state index >= 15 is 0 Å². The fraction of sp³-hybridized carbons (Fsp3) is 0.241. The Kier molecular flexibility index (Phi) is 8.38. The van der Waals surface area contributed by atoms with E-state index in [9.17, 15) is 9.59 Å². The Labute approximate surface area is 231 Å². The number of halogens is 1. The second-order valence-corrected chi connectivity index (χ2v) is 9.70. The molecule has 0 atom stereocenters. The highest BCUT2D eigenvalue weighted by Gasteiger charge is 2.21. The Morgan fingerprint density at radius 2 is 1.67 bits per heavy atom. The molecule has 1 fully saturated rings. The largest absolute Gasteiger partial charge is 0.413 e. The third-order valence-corrected chi connectivity index (χ3v) is 7.04. The SMILES string of the molecule is O=C(NCCC1CCN(c2ccncc2)CC1)Oc1cc(NC(=O)c2ccccc2Cl)n(-c2ccccc2)n1. The molecular weight excluding hydrogens is 516 g/mol. The lowest BCUT2D eigenvalue weighted by molar-refractivity contribution is 0.102. The van der Waals surface area contributed by atoms with Crippen molar-refractivity contribution < 1.29 is 14.3 Å². The predicted octanol–water partition coefficient (Wildman–Crippen LogP) is 5.57. The molecular formula is C29H29ClN6O3. The smallest absolute Gasteiger partial charge is 0.390 e. The summed E-state index contributed by atoms with van der Waals surface area (Å²) in [6.45, 7) is 2.48. The van der Waals surface area contributed by atoms with Crippen LogP contribution in [0.15, 0.2) is 85.2 Å². The Hall–Kier alpha value is -4.37. The van der Waals surface area contributed by atoms with Gasteiger partial charge in [-0.1, -0.05) is 41.9 Å². The summed E-state index contributed by atoms with van der Waals surface area (Å²) in [7, 11) is 0. The van der Waals surface area contributed by atoms with Crippen LogP contribution in [0.5, 0.6) is 5.88 Å². The second-order valence-electron chi connectivity index (χ2n) is 9.29. The molecule has 5 rings (SSSR count). The molecule has 4 aromatic rings. The van der Waals surface area contributed by atoms with Gasteiger partial charge in [0.05, 0.1) is 16.3 Å². The number of rotatable bonds is 8. The van der Waals surface area contributed by atoms with Crippen LogP contribution in [-0.4, -0.2) is 46.4 Å². The minimum atomic E-state index is -0.592. The van der Waals surface area contributed by atoms with Crippen LogP contribution in [0.3, 0.4) is 0 Å². The number of anilines is 2. The Morgan fingerprint density at radius 1 is 0.949 bits per heavy atom. The zero-order valence-corrected chi connectivity index (χ0v) is 22.1. The summed E-state index contributed by atoms with van der Waals surface area (Å²) in [6.07, 6.45) is 6.04. The third kappa shape index (κ3) is 6.74. The summed E-state index contributed by atoms with van der Waals surface area (Å²) < 4.78 is 6.97. The van der Waals surface area contributed by atoms with Gasteiger partial charge in [0.1, 0.15) is 5.82 Å². The number of carbonyl (C=O) groups excluding carboxylic acids is 2. The van der Waals surface area contributed by atoms with Gasteiger partial charge >= 0.3 is 6.09 Å². The summed E-state index contributed by atoms with van der Waals surface area (Å²) in [5.41, 5.74) is 2.22. The molecule has 10 heteroatoms. The lowest BCUT2D eigenvalue weighted by atomic mass is 9.93. The molecule has 0 unspecified atom stereocenters. The molecule has 1 saturated heterocycles. The highest BCUT2D eigenvalue weighted by Crippen LogP contribution is 2.25. The number of nitrogens with zero attached hydrogens (tertiary/aromatic N) is 4. The van der Waals surface area contributed by atoms with Crippen molar-refractivity contribution in [2.24, 2.45) is 5.92 Å². The van der Waals surface area contributed by atoms with Gasteiger partial charge in [0, 0.05) is 43.8 Å². The number of carbonyl (C=O) groups is 2. The van der Waals surface area contributed by atoms with E-state index in [2.05, 4.69) is 25.6 Å². The predicted molar refractivity (Wildman–Crippen MR) is 151 cm³/mol. The molecule has 1 aliphatic rings. The number of pyridine rings is 1. The van der Waals surface area contributed by atoms with Gasteiger partial charge < -0.3 is 20.3 Å². The number of hydrogen-bond donors (Lipinski definition) is 2. The van der Waals surface area contributed by atoms with Gasteiger partial charge in [0.2, 0.25) is 5.88 Å². The minimum absolute atomic E-state index is 0.0662. The Bertz CT molecular complexity index is 1410. The molecule has 200 valence electrons. The number of aromatic nitrogens is 3. The number of nitrogens with one attached hydrogen (secondary N) is 2. The van der Waals surface area contributed by atoms with Crippen LogP contribution >= 0.6 is 11.6 Å². The highest BCUT2D eigenvalue weighted by atomic mass is 35.5. The van der Waals surface area contributed by atoms with Gasteiger partial charge in [-0.3, -0.25) is 9.78 Å². The van der Waals surface area contributed by atoms with Crippen LogP contribution in [0, 0.1) is 5.92 Å². The van der Waals surface area contributed by atoms with Crippen molar-refractivity contribution in [1.82, 2.24) is 20.1 Å². The molecule has 39 heavy (non-hydrogen) atoms. The number of ether oxygens (including phenoxy) is 1. The van der Waals surface area contributed by atoms with E-state index in [1.807, 2.05) is 54.9 Å². The maximum Gasteiger partial charge on any atom is 0.413 e. The number of amides is 2. The van der Waals surface area contributed by atoms with E-state index in [0.717, 1.165) is 32.4 Å². The first kappa shape index (κ1) is 26.2. The van der Waals surface area contributed by atoms with Crippen LogP contribution in [0.25, 0.3) is 5.69 Å². The zero-order valence-electron chi connectivity index (χ0n) is 21.3. The zero-order chi connectivity index (χ0) is 27.0. The fourth-order valence-electron chi connectivity index (χ4n) is 4.64. The van der Waals surface area contributed by atoms with Crippen molar-refractivity contribution in [3.05, 3.63) is 95.8 Å². The summed E-state index contributed by atoms with van der Waals surface area (Å²) in [4.78, 5) is 31.9. The maximum atomic E-state index is 12.9. The molecule has 3 heterocycles. The fourth-order valence-corrected chi connectivity index (χ4v) is 4.86. The molecule has 0 spiro atoms. The Morgan fingerprint density at radius 3 is 2.41 bits per heavy atom. The van der Waals surface area contributed by atoms with Crippen LogP contribution in [-0.2, 0) is 0 Å². The number of benzene rings is 2. The molecule has 2 amide bonds. The first-order valence-corrected chi connectivity index (χ1v) is 13.3. The van der Waals surface area contributed by atoms with E-state index in [1.165, 1.54) is 16.4 Å². The monoisotopic (exact) mass is 544 g/mol. The Balaban J connectivity index is 1.17. The summed E-state index contributed by atoms with van der Waals surface area (Å²) in [6, 6.07) is 21.6. The standard InChI is InChI=1S/C29H29ClN6O3/c30-25-9-5-4-8-24(25)28(37)33-26-20-27(34-36(26)23-6-2-1-3-7-23)39-29(38)32-17-10-21-13-18-35(19-14-21)22-11-15-31-16-12-22/h1-9,11-12,15-16,20-21H,10,13-14,17-19H2,(H,32,38)(H,33,37). The second kappa shape index (κ2) is 12.4. The third-order valence-electron chi connectivity index (χ3n) is 6.71. The average Bonchev–Trinajstić information content (AvgIpc) is 3.36. The molecule has 2 aromatic heterocycles. The van der Waals surface area contributed by atoms with Gasteiger partial charge in [0.25, 0.3) is 5.91 Å². The van der Waals surface area contributed by atoms with Gasteiger partial charge in [-0.25, -0.2) is 9.48 Å². The van der Waals surface area contributed by atoms with E-state index in [4.69, 9.17) is 16.3 Å². The first-order chi connectivity index (χ1) is 19.1. The number of piperidine rings is 1. The van der Waals surface area contributed by atoms with Gasteiger partial charge in [-0.2, -0.15) is 0 Å². The van der Waals surface area contributed by atoms with Gasteiger partial charge in [-0.05, 0) is 61.6 Å². The van der Waals surface area contributed by atoms with Crippen LogP contribution in [0.2, 0.25) is 5.02 Å². The maximum absolute atomic E-state index is 12.9. The van der Waals surface area contributed by atoms with Crippen LogP contribution in [0.4, 0.5) is 16.3 Å². The minimum Gasteiger partial charge on any atom is -0.390 e. The first-order valence-electron chi connectivity index (χ1n) is 12.9. The van der Waals surface area contributed by atoms with Crippen molar-refractivity contribution in [3.8, 4) is 11.6 Å². The average molecular weight is 545 g/mol. The van der Waals surface area contributed by atoms with Gasteiger partial charge in [-0.15, -0.1) is 5.10 Å². The molecule has 0 bridgehead atoms. The van der Waals surface area contributed by atoms with Crippen molar-refractivity contribution in [2.45, 2.75) is 19.3 Å². The molecule has 2 aromatic carbocycles. The van der Waals surface area contributed by atoms with E-state index in [1.54, 1.807) is 24.3 Å². The highest BCUT2D eigenvalue weighted by molar-refractivity contribution is 6.34. The van der Waals surface area contributed by atoms with Crippen molar-refractivity contribution >= 4 is 35.1 Å². The van der Waals surface area contributed by atoms with E-state index in [-0.39, 0.29) is 5.88 Å². The lowest BCUT2D eigenvalue weighted by Crippen LogP contribution is -2.35. The van der Waals surface area contributed by atoms with Crippen LogP contribution in [0.1, 0.15) is 29.6 Å². The van der Waals surface area contributed by atoms with Crippen LogP contribution < -0.4 is 20.3 Å². The quantitative estimate of drug-likeness (QED) is 0.301. The number of hydrogen-bond acceptors (Lipinski definition) is 6. The molecule has 0 radical (unpaired) electrons.